The van der Waals surface area contributed by atoms with Crippen LogP contribution in [0.1, 0.15) is 31.3 Å². The average molecular weight is 354 g/mol. The van der Waals surface area contributed by atoms with Crippen molar-refractivity contribution in [2.24, 2.45) is 5.73 Å². The number of aromatic amines is 1. The van der Waals surface area contributed by atoms with Crippen LogP contribution < -0.4 is 15.2 Å². The number of para-hydroxylation sites is 1. The fourth-order valence-electron chi connectivity index (χ4n) is 2.62. The number of H-pyrrole nitrogens is 1. The number of nitrogens with zero attached hydrogens (tertiary/aromatic N) is 2. The highest BCUT2D eigenvalue weighted by atomic mass is 16.5. The van der Waals surface area contributed by atoms with E-state index in [1.54, 1.807) is 18.2 Å². The second-order valence-electron chi connectivity index (χ2n) is 5.61. The minimum atomic E-state index is -0.517. The number of rotatable bonds is 7. The summed E-state index contributed by atoms with van der Waals surface area (Å²) in [6.07, 6.45) is 0. The number of benzene rings is 2. The first-order chi connectivity index (χ1) is 12.6. The van der Waals surface area contributed by atoms with Gasteiger partial charge in [-0.2, -0.15) is 5.10 Å². The topological polar surface area (TPSA) is 106 Å². The smallest absolute Gasteiger partial charge is 0.184 e. The Morgan fingerprint density at radius 2 is 1.81 bits per heavy atom. The normalized spacial score (nSPS) is 12.0. The summed E-state index contributed by atoms with van der Waals surface area (Å²) in [4.78, 5) is 4.43. The molecule has 1 atom stereocenters. The van der Waals surface area contributed by atoms with Gasteiger partial charge in [-0.25, -0.2) is 4.98 Å². The summed E-state index contributed by atoms with van der Waals surface area (Å²) in [5.41, 5.74) is 7.70. The minimum absolute atomic E-state index is 0.117. The Morgan fingerprint density at radius 1 is 1.08 bits per heavy atom. The summed E-state index contributed by atoms with van der Waals surface area (Å²) in [7, 11) is 0. The van der Waals surface area contributed by atoms with Gasteiger partial charge >= 0.3 is 0 Å². The van der Waals surface area contributed by atoms with E-state index in [0.29, 0.717) is 41.9 Å². The van der Waals surface area contributed by atoms with E-state index >= 15 is 0 Å². The van der Waals surface area contributed by atoms with Crippen LogP contribution >= 0.6 is 0 Å². The number of ether oxygens (including phenoxy) is 2. The van der Waals surface area contributed by atoms with E-state index in [4.69, 9.17) is 15.2 Å². The van der Waals surface area contributed by atoms with Gasteiger partial charge in [0.25, 0.3) is 0 Å². The molecular weight excluding hydrogens is 332 g/mol. The van der Waals surface area contributed by atoms with Crippen molar-refractivity contribution in [3.63, 3.8) is 0 Å². The predicted octanol–water partition coefficient (Wildman–Crippen LogP) is 3.02. The molecule has 0 saturated heterocycles. The molecule has 1 unspecified atom stereocenters. The Labute approximate surface area is 151 Å². The summed E-state index contributed by atoms with van der Waals surface area (Å²) >= 11 is 0. The zero-order chi connectivity index (χ0) is 18.5. The van der Waals surface area contributed by atoms with Crippen LogP contribution in [0.5, 0.6) is 17.2 Å². The number of phenolic OH excluding ortho intramolecular Hbond substituents is 1. The lowest BCUT2D eigenvalue weighted by Gasteiger charge is -2.14. The van der Waals surface area contributed by atoms with Crippen LogP contribution in [-0.2, 0) is 0 Å². The molecule has 0 saturated carbocycles. The summed E-state index contributed by atoms with van der Waals surface area (Å²) in [5, 5.41) is 17.0. The largest absolute Gasteiger partial charge is 0.507 e. The molecule has 1 aromatic heterocycles. The second-order valence-corrected chi connectivity index (χ2v) is 5.61. The highest BCUT2D eigenvalue weighted by Crippen LogP contribution is 2.32. The van der Waals surface area contributed by atoms with Gasteiger partial charge in [0, 0.05) is 0 Å². The van der Waals surface area contributed by atoms with E-state index in [1.165, 1.54) is 0 Å². The third-order valence-corrected chi connectivity index (χ3v) is 3.87. The van der Waals surface area contributed by atoms with Crippen molar-refractivity contribution >= 4 is 0 Å². The van der Waals surface area contributed by atoms with Crippen LogP contribution in [0.15, 0.2) is 42.5 Å². The van der Waals surface area contributed by atoms with E-state index in [0.717, 1.165) is 5.56 Å². The molecule has 0 spiro atoms. The first-order valence-electron chi connectivity index (χ1n) is 8.49. The van der Waals surface area contributed by atoms with E-state index in [2.05, 4.69) is 15.2 Å². The maximum atomic E-state index is 9.95. The maximum absolute atomic E-state index is 9.95. The van der Waals surface area contributed by atoms with Gasteiger partial charge in [0.15, 0.2) is 17.3 Å². The first-order valence-corrected chi connectivity index (χ1v) is 8.49. The van der Waals surface area contributed by atoms with Crippen molar-refractivity contribution in [3.8, 4) is 28.6 Å². The molecule has 0 amide bonds. The van der Waals surface area contributed by atoms with Gasteiger partial charge in [-0.05, 0) is 43.7 Å². The Morgan fingerprint density at radius 3 is 2.54 bits per heavy atom. The molecule has 0 aliphatic heterocycles. The van der Waals surface area contributed by atoms with Crippen molar-refractivity contribution in [3.05, 3.63) is 53.9 Å². The van der Waals surface area contributed by atoms with Crippen molar-refractivity contribution in [2.45, 2.75) is 19.9 Å². The average Bonchev–Trinajstić information content (AvgIpc) is 3.13. The lowest BCUT2D eigenvalue weighted by Crippen LogP contribution is -2.14. The zero-order valence-electron chi connectivity index (χ0n) is 14.8. The fraction of sp³-hybridized carbons (Fsp3) is 0.263. The second kappa shape index (κ2) is 7.88. The van der Waals surface area contributed by atoms with Crippen LogP contribution in [0, 0.1) is 0 Å². The number of aromatic nitrogens is 3. The van der Waals surface area contributed by atoms with Crippen molar-refractivity contribution in [2.75, 3.05) is 13.2 Å². The van der Waals surface area contributed by atoms with Crippen molar-refractivity contribution in [1.82, 2.24) is 15.2 Å². The molecule has 0 aliphatic rings. The molecule has 0 radical (unpaired) electrons. The SMILES string of the molecule is CCOc1ccc(C(N)c2nc(-c3ccccc3O)n[nH]2)cc1OCC. The third kappa shape index (κ3) is 3.62. The number of aromatic hydroxyl groups is 1. The van der Waals surface area contributed by atoms with Gasteiger partial charge in [0.1, 0.15) is 11.6 Å². The van der Waals surface area contributed by atoms with Gasteiger partial charge in [-0.3, -0.25) is 5.10 Å². The quantitative estimate of drug-likeness (QED) is 0.602. The van der Waals surface area contributed by atoms with Gasteiger partial charge in [-0.15, -0.1) is 0 Å². The molecule has 3 aromatic rings. The highest BCUT2D eigenvalue weighted by Gasteiger charge is 2.18. The number of phenols is 1. The monoisotopic (exact) mass is 354 g/mol. The molecule has 7 nitrogen and oxygen atoms in total. The highest BCUT2D eigenvalue weighted by molar-refractivity contribution is 5.63. The van der Waals surface area contributed by atoms with Crippen LogP contribution in [0.4, 0.5) is 0 Å². The Balaban J connectivity index is 1.89. The van der Waals surface area contributed by atoms with E-state index in [1.807, 2.05) is 38.1 Å². The maximum Gasteiger partial charge on any atom is 0.184 e. The van der Waals surface area contributed by atoms with Gasteiger partial charge in [0.2, 0.25) is 0 Å². The van der Waals surface area contributed by atoms with Gasteiger partial charge in [0.05, 0.1) is 24.8 Å². The molecular formula is C19H22N4O3. The predicted molar refractivity (Wildman–Crippen MR) is 98.3 cm³/mol. The molecule has 26 heavy (non-hydrogen) atoms. The van der Waals surface area contributed by atoms with Crippen LogP contribution in [0.2, 0.25) is 0 Å². The molecule has 2 aromatic carbocycles. The minimum Gasteiger partial charge on any atom is -0.507 e. The lowest BCUT2D eigenvalue weighted by atomic mass is 10.1. The molecule has 0 aliphatic carbocycles. The zero-order valence-corrected chi connectivity index (χ0v) is 14.8. The molecule has 1 heterocycles. The van der Waals surface area contributed by atoms with E-state index in [9.17, 15) is 5.11 Å². The number of nitrogens with two attached hydrogens (primary N) is 1. The van der Waals surface area contributed by atoms with Crippen LogP contribution in [-0.4, -0.2) is 33.5 Å². The van der Waals surface area contributed by atoms with Gasteiger partial charge < -0.3 is 20.3 Å². The summed E-state index contributed by atoms with van der Waals surface area (Å²) in [6, 6.07) is 11.9. The van der Waals surface area contributed by atoms with Crippen LogP contribution in [0.3, 0.4) is 0 Å². The Kier molecular flexibility index (Phi) is 5.38. The summed E-state index contributed by atoms with van der Waals surface area (Å²) < 4.78 is 11.2. The van der Waals surface area contributed by atoms with Crippen LogP contribution in [0.25, 0.3) is 11.4 Å². The molecule has 0 bridgehead atoms. The summed E-state index contributed by atoms with van der Waals surface area (Å²) in [6.45, 7) is 4.91. The molecule has 136 valence electrons. The third-order valence-electron chi connectivity index (χ3n) is 3.87. The van der Waals surface area contributed by atoms with Crippen molar-refractivity contribution in [1.29, 1.82) is 0 Å². The Bertz CT molecular complexity index is 879. The molecule has 3 rings (SSSR count). The molecule has 0 fully saturated rings. The standard InChI is InChI=1S/C19H22N4O3/c1-3-25-15-10-9-12(11-16(15)26-4-2)17(20)19-21-18(22-23-19)13-7-5-6-8-14(13)24/h5-11,17,24H,3-4,20H2,1-2H3,(H,21,22,23). The fourth-order valence-corrected chi connectivity index (χ4v) is 2.62. The molecule has 7 heteroatoms. The Hall–Kier alpha value is -3.06. The molecule has 4 N–H and O–H groups in total. The first kappa shape index (κ1) is 17.8. The van der Waals surface area contributed by atoms with Crippen molar-refractivity contribution < 1.29 is 14.6 Å². The summed E-state index contributed by atoms with van der Waals surface area (Å²) in [5.74, 6) is 2.33. The lowest BCUT2D eigenvalue weighted by molar-refractivity contribution is 0.287. The number of hydrogen-bond donors (Lipinski definition) is 3. The van der Waals surface area contributed by atoms with E-state index < -0.39 is 6.04 Å². The number of nitrogens with one attached hydrogen (secondary N) is 1. The number of hydrogen-bond acceptors (Lipinski definition) is 6. The van der Waals surface area contributed by atoms with E-state index in [-0.39, 0.29) is 5.75 Å². The van der Waals surface area contributed by atoms with Gasteiger partial charge in [-0.1, -0.05) is 18.2 Å².